The predicted molar refractivity (Wildman–Crippen MR) is 131 cm³/mol. The molecule has 7 heteroatoms. The van der Waals surface area contributed by atoms with Crippen molar-refractivity contribution < 1.29 is 19.1 Å². The van der Waals surface area contributed by atoms with Crippen molar-refractivity contribution in [3.05, 3.63) is 35.9 Å². The van der Waals surface area contributed by atoms with Crippen molar-refractivity contribution >= 4 is 12.2 Å². The molecule has 0 spiro atoms. The van der Waals surface area contributed by atoms with Gasteiger partial charge in [0.15, 0.2) is 0 Å². The normalized spacial score (nSPS) is 14.7. The van der Waals surface area contributed by atoms with Crippen LogP contribution in [0.1, 0.15) is 84.6 Å². The molecule has 0 atom stereocenters. The molecule has 2 rings (SSSR count). The highest BCUT2D eigenvalue weighted by Crippen LogP contribution is 2.16. The zero-order valence-corrected chi connectivity index (χ0v) is 21.0. The van der Waals surface area contributed by atoms with Crippen molar-refractivity contribution in [2.24, 2.45) is 0 Å². The second-order valence-electron chi connectivity index (χ2n) is 9.83. The standard InChI is InChI=1S/C26H43N3O4/c1-5-6-7-8-9-13-18-29(25(31)33-26(2,3)4)27-23-16-19-28(20-17-23)24(30)32-21-22-14-11-10-12-15-22/h10-12,14-15,23,27H,5-9,13,16-21H2,1-4H3. The van der Waals surface area contributed by atoms with Gasteiger partial charge in [-0.25, -0.2) is 20.0 Å². The van der Waals surface area contributed by atoms with Gasteiger partial charge < -0.3 is 14.4 Å². The van der Waals surface area contributed by atoms with Gasteiger partial charge in [0.25, 0.3) is 0 Å². The summed E-state index contributed by atoms with van der Waals surface area (Å²) in [6.07, 6.45) is 7.88. The van der Waals surface area contributed by atoms with Gasteiger partial charge in [-0.1, -0.05) is 69.4 Å². The van der Waals surface area contributed by atoms with Crippen LogP contribution in [0.15, 0.2) is 30.3 Å². The van der Waals surface area contributed by atoms with Gasteiger partial charge >= 0.3 is 12.2 Å². The summed E-state index contributed by atoms with van der Waals surface area (Å²) in [5, 5.41) is 1.64. The van der Waals surface area contributed by atoms with E-state index in [1.165, 1.54) is 25.7 Å². The Morgan fingerprint density at radius 1 is 1.03 bits per heavy atom. The smallest absolute Gasteiger partial charge is 0.424 e. The highest BCUT2D eigenvalue weighted by Gasteiger charge is 2.28. The molecule has 7 nitrogen and oxygen atoms in total. The van der Waals surface area contributed by atoms with Crippen molar-refractivity contribution in [1.29, 1.82) is 0 Å². The fourth-order valence-electron chi connectivity index (χ4n) is 3.80. The highest BCUT2D eigenvalue weighted by molar-refractivity contribution is 5.68. The van der Waals surface area contributed by atoms with E-state index in [-0.39, 0.29) is 24.8 Å². The number of nitrogens with one attached hydrogen (secondary N) is 1. The van der Waals surface area contributed by atoms with Crippen LogP contribution in [0.25, 0.3) is 0 Å². The van der Waals surface area contributed by atoms with Gasteiger partial charge in [-0.15, -0.1) is 0 Å². The van der Waals surface area contributed by atoms with Gasteiger partial charge in [-0.2, -0.15) is 0 Å². The summed E-state index contributed by atoms with van der Waals surface area (Å²) in [7, 11) is 0. The van der Waals surface area contributed by atoms with Crippen LogP contribution in [0.4, 0.5) is 9.59 Å². The quantitative estimate of drug-likeness (QED) is 0.329. The largest absolute Gasteiger partial charge is 0.445 e. The lowest BCUT2D eigenvalue weighted by Crippen LogP contribution is -2.54. The maximum Gasteiger partial charge on any atom is 0.424 e. The molecule has 0 bridgehead atoms. The number of rotatable bonds is 11. The predicted octanol–water partition coefficient (Wildman–Crippen LogP) is 5.89. The number of unbranched alkanes of at least 4 members (excludes halogenated alkanes) is 5. The third-order valence-electron chi connectivity index (χ3n) is 5.65. The number of likely N-dealkylation sites (tertiary alicyclic amines) is 1. The van der Waals surface area contributed by atoms with Crippen LogP contribution in [0, 0.1) is 0 Å². The van der Waals surface area contributed by atoms with E-state index in [0.717, 1.165) is 31.2 Å². The molecule has 0 saturated carbocycles. The van der Waals surface area contributed by atoms with Gasteiger partial charge in [0.05, 0.1) is 0 Å². The molecule has 186 valence electrons. The van der Waals surface area contributed by atoms with Crippen LogP contribution in [0.3, 0.4) is 0 Å². The number of piperidine rings is 1. The van der Waals surface area contributed by atoms with Crippen LogP contribution in [-0.4, -0.2) is 53.4 Å². The lowest BCUT2D eigenvalue weighted by atomic mass is 10.1. The first-order valence-electron chi connectivity index (χ1n) is 12.5. The molecule has 0 radical (unpaired) electrons. The molecule has 2 amide bonds. The third-order valence-corrected chi connectivity index (χ3v) is 5.65. The first-order chi connectivity index (χ1) is 15.8. The molecule has 33 heavy (non-hydrogen) atoms. The third kappa shape index (κ3) is 10.9. The minimum absolute atomic E-state index is 0.121. The van der Waals surface area contributed by atoms with Crippen molar-refractivity contribution in [3.63, 3.8) is 0 Å². The van der Waals surface area contributed by atoms with Gasteiger partial charge in [0, 0.05) is 25.7 Å². The fourth-order valence-corrected chi connectivity index (χ4v) is 3.80. The molecule has 1 aromatic rings. The number of hydrazine groups is 1. The molecule has 1 aliphatic rings. The Bertz CT molecular complexity index is 697. The molecule has 1 saturated heterocycles. The second-order valence-corrected chi connectivity index (χ2v) is 9.83. The first kappa shape index (κ1) is 27.0. The van der Waals surface area contributed by atoms with E-state index in [9.17, 15) is 9.59 Å². The minimum atomic E-state index is -0.538. The number of ether oxygens (including phenoxy) is 2. The number of amides is 2. The molecule has 0 unspecified atom stereocenters. The van der Waals surface area contributed by atoms with Crippen molar-refractivity contribution in [3.8, 4) is 0 Å². The van der Waals surface area contributed by atoms with Crippen LogP contribution in [0.5, 0.6) is 0 Å². The van der Waals surface area contributed by atoms with Crippen molar-refractivity contribution in [1.82, 2.24) is 15.3 Å². The Labute approximate surface area is 199 Å². The lowest BCUT2D eigenvalue weighted by molar-refractivity contribution is 0.00524. The van der Waals surface area contributed by atoms with E-state index < -0.39 is 5.60 Å². The Morgan fingerprint density at radius 3 is 2.30 bits per heavy atom. The number of nitrogens with zero attached hydrogens (tertiary/aromatic N) is 2. The first-order valence-corrected chi connectivity index (χ1v) is 12.5. The lowest BCUT2D eigenvalue weighted by Gasteiger charge is -2.35. The van der Waals surface area contributed by atoms with Crippen molar-refractivity contribution in [2.45, 2.75) is 97.3 Å². The Kier molecular flexibility index (Phi) is 11.5. The number of carbonyl (C=O) groups excluding carboxylic acids is 2. The summed E-state index contributed by atoms with van der Waals surface area (Å²) in [4.78, 5) is 26.9. The van der Waals surface area contributed by atoms with Crippen LogP contribution >= 0.6 is 0 Å². The molecular weight excluding hydrogens is 418 g/mol. The van der Waals surface area contributed by atoms with E-state index >= 15 is 0 Å². The summed E-state index contributed by atoms with van der Waals surface area (Å²) in [6.45, 7) is 9.97. The van der Waals surface area contributed by atoms with E-state index in [0.29, 0.717) is 19.6 Å². The van der Waals surface area contributed by atoms with Gasteiger partial charge in [0.2, 0.25) is 0 Å². The molecular formula is C26H43N3O4. The number of hydrogen-bond acceptors (Lipinski definition) is 5. The van der Waals surface area contributed by atoms with Gasteiger partial charge in [-0.3, -0.25) is 0 Å². The molecule has 0 aliphatic carbocycles. The Morgan fingerprint density at radius 2 is 1.67 bits per heavy atom. The van der Waals surface area contributed by atoms with Gasteiger partial charge in [-0.05, 0) is 45.6 Å². The Balaban J connectivity index is 1.78. The van der Waals surface area contributed by atoms with Crippen LogP contribution in [-0.2, 0) is 16.1 Å². The van der Waals surface area contributed by atoms with Crippen LogP contribution < -0.4 is 5.43 Å². The maximum absolute atomic E-state index is 12.7. The summed E-state index contributed by atoms with van der Waals surface area (Å²) in [5.41, 5.74) is 3.82. The average molecular weight is 462 g/mol. The summed E-state index contributed by atoms with van der Waals surface area (Å²) in [6, 6.07) is 9.81. The molecule has 1 heterocycles. The van der Waals surface area contributed by atoms with E-state index in [1.807, 2.05) is 51.1 Å². The highest BCUT2D eigenvalue weighted by atomic mass is 16.6. The molecule has 1 fully saturated rings. The SMILES string of the molecule is CCCCCCCCN(NC1CCN(C(=O)OCc2ccccc2)CC1)C(=O)OC(C)(C)C. The minimum Gasteiger partial charge on any atom is -0.445 e. The Hall–Kier alpha value is -2.28. The topological polar surface area (TPSA) is 71.1 Å². The summed E-state index contributed by atoms with van der Waals surface area (Å²) < 4.78 is 11.1. The number of hydrogen-bond donors (Lipinski definition) is 1. The zero-order valence-electron chi connectivity index (χ0n) is 21.0. The van der Waals surface area contributed by atoms with Crippen molar-refractivity contribution in [2.75, 3.05) is 19.6 Å². The number of carbonyl (C=O) groups is 2. The second kappa shape index (κ2) is 14.1. The maximum atomic E-state index is 12.7. The summed E-state index contributed by atoms with van der Waals surface area (Å²) >= 11 is 0. The van der Waals surface area contributed by atoms with E-state index in [2.05, 4.69) is 12.3 Å². The molecule has 0 aromatic heterocycles. The average Bonchev–Trinajstić information content (AvgIpc) is 2.79. The number of benzene rings is 1. The van der Waals surface area contributed by atoms with E-state index in [4.69, 9.17) is 9.47 Å². The van der Waals surface area contributed by atoms with Crippen LogP contribution in [0.2, 0.25) is 0 Å². The zero-order chi connectivity index (χ0) is 24.1. The summed E-state index contributed by atoms with van der Waals surface area (Å²) in [5.74, 6) is 0. The molecule has 1 N–H and O–H groups in total. The monoisotopic (exact) mass is 461 g/mol. The van der Waals surface area contributed by atoms with Gasteiger partial charge in [0.1, 0.15) is 12.2 Å². The fraction of sp³-hybridized carbons (Fsp3) is 0.692. The molecule has 1 aromatic carbocycles. The van der Waals surface area contributed by atoms with E-state index in [1.54, 1.807) is 9.91 Å². The molecule has 1 aliphatic heterocycles.